The van der Waals surface area contributed by atoms with Crippen LogP contribution in [0.2, 0.25) is 0 Å². The summed E-state index contributed by atoms with van der Waals surface area (Å²) in [5.41, 5.74) is 2.45. The van der Waals surface area contributed by atoms with Gasteiger partial charge in [-0.2, -0.15) is 10.2 Å². The van der Waals surface area contributed by atoms with E-state index in [1.165, 1.54) is 11.3 Å². The maximum atomic E-state index is 4.39. The van der Waals surface area contributed by atoms with Crippen LogP contribution in [-0.4, -0.2) is 19.6 Å². The second-order valence-electron chi connectivity index (χ2n) is 4.83. The Bertz CT molecular complexity index is 499. The van der Waals surface area contributed by atoms with Gasteiger partial charge in [-0.25, -0.2) is 0 Å². The first-order valence-corrected chi connectivity index (χ1v) is 6.99. The molecule has 0 aliphatic carbocycles. The molecule has 0 aromatic carbocycles. The van der Waals surface area contributed by atoms with Crippen LogP contribution in [0.25, 0.3) is 0 Å². The quantitative estimate of drug-likeness (QED) is 0.832. The molecule has 2 rings (SSSR count). The predicted octanol–water partition coefficient (Wildman–Crippen LogP) is 2.36. The highest BCUT2D eigenvalue weighted by Crippen LogP contribution is 2.12. The lowest BCUT2D eigenvalue weighted by Gasteiger charge is -2.13. The number of aryl methyl sites for hydroxylation is 1. The van der Waals surface area contributed by atoms with Gasteiger partial charge in [-0.3, -0.25) is 9.36 Å². The van der Waals surface area contributed by atoms with Crippen molar-refractivity contribution in [2.45, 2.75) is 52.9 Å². The van der Waals surface area contributed by atoms with Crippen LogP contribution in [-0.2, 0) is 19.6 Å². The summed E-state index contributed by atoms with van der Waals surface area (Å²) in [6, 6.07) is 2.53. The molecule has 2 aromatic rings. The Morgan fingerprint density at radius 1 is 1.26 bits per heavy atom. The largest absolute Gasteiger partial charge is 0.307 e. The Labute approximate surface area is 114 Å². The van der Waals surface area contributed by atoms with E-state index >= 15 is 0 Å². The Kier molecular flexibility index (Phi) is 4.74. The molecular weight excluding hydrogens is 238 g/mol. The van der Waals surface area contributed by atoms with Crippen LogP contribution in [0.3, 0.4) is 0 Å². The Balaban J connectivity index is 1.87. The molecule has 0 saturated heterocycles. The van der Waals surface area contributed by atoms with Crippen LogP contribution in [0.1, 0.15) is 44.5 Å². The predicted molar refractivity (Wildman–Crippen MR) is 75.7 cm³/mol. The van der Waals surface area contributed by atoms with Crippen molar-refractivity contribution in [3.05, 3.63) is 35.9 Å². The molecule has 0 unspecified atom stereocenters. The van der Waals surface area contributed by atoms with Gasteiger partial charge < -0.3 is 5.32 Å². The minimum atomic E-state index is 0.453. The van der Waals surface area contributed by atoms with E-state index in [4.69, 9.17) is 0 Å². The Morgan fingerprint density at radius 2 is 2.11 bits per heavy atom. The molecule has 1 N–H and O–H groups in total. The van der Waals surface area contributed by atoms with E-state index in [0.29, 0.717) is 6.04 Å². The molecule has 0 aliphatic rings. The summed E-state index contributed by atoms with van der Waals surface area (Å²) < 4.78 is 4.04. The molecule has 0 aliphatic heterocycles. The lowest BCUT2D eigenvalue weighted by atomic mass is 10.2. The first-order valence-electron chi connectivity index (χ1n) is 6.99. The molecule has 5 nitrogen and oxygen atoms in total. The highest BCUT2D eigenvalue weighted by molar-refractivity contribution is 5.05. The van der Waals surface area contributed by atoms with Gasteiger partial charge in [-0.05, 0) is 26.3 Å². The van der Waals surface area contributed by atoms with Crippen molar-refractivity contribution in [1.29, 1.82) is 0 Å². The smallest absolute Gasteiger partial charge is 0.0534 e. The van der Waals surface area contributed by atoms with Crippen molar-refractivity contribution in [2.24, 2.45) is 0 Å². The van der Waals surface area contributed by atoms with Crippen molar-refractivity contribution in [3.63, 3.8) is 0 Å². The fourth-order valence-corrected chi connectivity index (χ4v) is 2.06. The van der Waals surface area contributed by atoms with Crippen LogP contribution in [0.15, 0.2) is 24.7 Å². The molecule has 2 heterocycles. The van der Waals surface area contributed by atoms with E-state index in [9.17, 15) is 0 Å². The van der Waals surface area contributed by atoms with Crippen LogP contribution in [0.5, 0.6) is 0 Å². The standard InChI is InChI=1S/C14H23N5/c1-4-12(3)19-14(6-7-16-19)10-15-8-13-9-17-18(5-2)11-13/h6-7,9,11-12,15H,4-5,8,10H2,1-3H3/t12-/m1/s1. The zero-order valence-electron chi connectivity index (χ0n) is 12.0. The maximum absolute atomic E-state index is 4.39. The van der Waals surface area contributed by atoms with E-state index in [-0.39, 0.29) is 0 Å². The highest BCUT2D eigenvalue weighted by atomic mass is 15.3. The first-order chi connectivity index (χ1) is 9.24. The molecule has 0 bridgehead atoms. The average Bonchev–Trinajstić information content (AvgIpc) is 3.06. The van der Waals surface area contributed by atoms with Crippen molar-refractivity contribution in [1.82, 2.24) is 24.9 Å². The molecule has 1 atom stereocenters. The summed E-state index contributed by atoms with van der Waals surface area (Å²) in [6.45, 7) is 9.06. The third kappa shape index (κ3) is 3.44. The van der Waals surface area contributed by atoms with Crippen LogP contribution in [0, 0.1) is 0 Å². The summed E-state index contributed by atoms with van der Waals surface area (Å²) >= 11 is 0. The van der Waals surface area contributed by atoms with Crippen molar-refractivity contribution in [3.8, 4) is 0 Å². The summed E-state index contributed by atoms with van der Waals surface area (Å²) in [5, 5.41) is 12.1. The zero-order valence-corrected chi connectivity index (χ0v) is 12.0. The van der Waals surface area contributed by atoms with E-state index in [1.807, 2.05) is 17.1 Å². The van der Waals surface area contributed by atoms with Gasteiger partial charge in [-0.15, -0.1) is 0 Å². The topological polar surface area (TPSA) is 47.7 Å². The molecule has 2 aromatic heterocycles. The lowest BCUT2D eigenvalue weighted by Crippen LogP contribution is -2.18. The Hall–Kier alpha value is -1.62. The highest BCUT2D eigenvalue weighted by Gasteiger charge is 2.07. The fraction of sp³-hybridized carbons (Fsp3) is 0.571. The molecule has 0 amide bonds. The van der Waals surface area contributed by atoms with E-state index in [0.717, 1.165) is 26.1 Å². The van der Waals surface area contributed by atoms with Gasteiger partial charge in [0.15, 0.2) is 0 Å². The van der Waals surface area contributed by atoms with E-state index in [1.54, 1.807) is 0 Å². The summed E-state index contributed by atoms with van der Waals surface area (Å²) in [7, 11) is 0. The van der Waals surface area contributed by atoms with Gasteiger partial charge in [0.05, 0.1) is 11.9 Å². The minimum absolute atomic E-state index is 0.453. The molecule has 0 fully saturated rings. The average molecular weight is 261 g/mol. The number of hydrogen-bond acceptors (Lipinski definition) is 3. The number of nitrogens with zero attached hydrogens (tertiary/aromatic N) is 4. The molecule has 0 radical (unpaired) electrons. The van der Waals surface area contributed by atoms with Gasteiger partial charge in [0, 0.05) is 43.6 Å². The van der Waals surface area contributed by atoms with Crippen LogP contribution >= 0.6 is 0 Å². The lowest BCUT2D eigenvalue weighted by molar-refractivity contribution is 0.451. The van der Waals surface area contributed by atoms with Crippen molar-refractivity contribution < 1.29 is 0 Å². The SMILES string of the molecule is CC[C@@H](C)n1nccc1CNCc1cnn(CC)c1. The number of aromatic nitrogens is 4. The second kappa shape index (κ2) is 6.52. The summed E-state index contributed by atoms with van der Waals surface area (Å²) in [5.74, 6) is 0. The van der Waals surface area contributed by atoms with Gasteiger partial charge >= 0.3 is 0 Å². The number of nitrogens with one attached hydrogen (secondary N) is 1. The third-order valence-corrected chi connectivity index (χ3v) is 3.41. The molecule has 104 valence electrons. The maximum Gasteiger partial charge on any atom is 0.0534 e. The number of hydrogen-bond donors (Lipinski definition) is 1. The summed E-state index contributed by atoms with van der Waals surface area (Å²) in [6.07, 6.45) is 6.97. The van der Waals surface area contributed by atoms with Crippen molar-refractivity contribution in [2.75, 3.05) is 0 Å². The normalized spacial score (nSPS) is 12.8. The van der Waals surface area contributed by atoms with Crippen molar-refractivity contribution >= 4 is 0 Å². The second-order valence-corrected chi connectivity index (χ2v) is 4.83. The number of rotatable bonds is 7. The third-order valence-electron chi connectivity index (χ3n) is 3.41. The van der Waals surface area contributed by atoms with E-state index in [2.05, 4.69) is 53.2 Å². The molecular formula is C14H23N5. The van der Waals surface area contributed by atoms with Crippen LogP contribution < -0.4 is 5.32 Å². The fourth-order valence-electron chi connectivity index (χ4n) is 2.06. The van der Waals surface area contributed by atoms with Gasteiger partial charge in [-0.1, -0.05) is 6.92 Å². The molecule has 19 heavy (non-hydrogen) atoms. The van der Waals surface area contributed by atoms with Gasteiger partial charge in [0.2, 0.25) is 0 Å². The molecule has 5 heteroatoms. The molecule has 0 saturated carbocycles. The monoisotopic (exact) mass is 261 g/mol. The summed E-state index contributed by atoms with van der Waals surface area (Å²) in [4.78, 5) is 0. The minimum Gasteiger partial charge on any atom is -0.307 e. The first kappa shape index (κ1) is 13.8. The van der Waals surface area contributed by atoms with Crippen LogP contribution in [0.4, 0.5) is 0 Å². The molecule has 0 spiro atoms. The van der Waals surface area contributed by atoms with Gasteiger partial charge in [0.25, 0.3) is 0 Å². The zero-order chi connectivity index (χ0) is 13.7. The van der Waals surface area contributed by atoms with E-state index < -0.39 is 0 Å². The Morgan fingerprint density at radius 3 is 2.79 bits per heavy atom. The van der Waals surface area contributed by atoms with Gasteiger partial charge in [0.1, 0.15) is 0 Å².